The number of esters is 1. The molecule has 3 rings (SSSR count). The molecule has 10 heteroatoms. The normalized spacial score (nSPS) is 14.8. The Kier molecular flexibility index (Phi) is 8.76. The number of anilines is 1. The molecule has 0 unspecified atom stereocenters. The van der Waals surface area contributed by atoms with Crippen LogP contribution in [0.1, 0.15) is 23.7 Å². The highest BCUT2D eigenvalue weighted by molar-refractivity contribution is 7.89. The summed E-state index contributed by atoms with van der Waals surface area (Å²) in [5, 5.41) is 8.95. The Labute approximate surface area is 200 Å². The number of benzene rings is 2. The molecule has 2 aromatic rings. The van der Waals surface area contributed by atoms with Gasteiger partial charge in [0.25, 0.3) is 0 Å². The van der Waals surface area contributed by atoms with Crippen molar-refractivity contribution in [2.75, 3.05) is 50.8 Å². The third kappa shape index (κ3) is 6.20. The second-order valence-corrected chi connectivity index (χ2v) is 9.65. The lowest BCUT2D eigenvalue weighted by Crippen LogP contribution is -2.51. The van der Waals surface area contributed by atoms with Gasteiger partial charge in [-0.2, -0.15) is 9.57 Å². The Morgan fingerprint density at radius 3 is 2.26 bits per heavy atom. The van der Waals surface area contributed by atoms with Crippen molar-refractivity contribution in [1.29, 1.82) is 5.26 Å². The molecule has 2 aromatic carbocycles. The van der Waals surface area contributed by atoms with E-state index in [-0.39, 0.29) is 43.5 Å². The zero-order valence-electron chi connectivity index (χ0n) is 19.1. The van der Waals surface area contributed by atoms with E-state index in [1.165, 1.54) is 28.6 Å². The zero-order chi connectivity index (χ0) is 24.6. The number of para-hydroxylation sites is 1. The fraction of sp³-hybridized carbons (Fsp3) is 0.375. The highest BCUT2D eigenvalue weighted by Crippen LogP contribution is 2.20. The van der Waals surface area contributed by atoms with Crippen LogP contribution >= 0.6 is 0 Å². The van der Waals surface area contributed by atoms with Gasteiger partial charge in [0.15, 0.2) is 0 Å². The molecule has 0 spiro atoms. The molecule has 34 heavy (non-hydrogen) atoms. The first kappa shape index (κ1) is 25.4. The molecule has 0 N–H and O–H groups in total. The fourth-order valence-corrected chi connectivity index (χ4v) is 5.12. The lowest BCUT2D eigenvalue weighted by molar-refractivity contribution is -0.120. The molecule has 1 saturated heterocycles. The lowest BCUT2D eigenvalue weighted by Gasteiger charge is -2.34. The molecule has 1 amide bonds. The van der Waals surface area contributed by atoms with Crippen LogP contribution in [0.3, 0.4) is 0 Å². The van der Waals surface area contributed by atoms with Crippen molar-refractivity contribution in [1.82, 2.24) is 9.21 Å². The minimum Gasteiger partial charge on any atom is -0.462 e. The molecule has 0 aromatic heterocycles. The van der Waals surface area contributed by atoms with Crippen LogP contribution in [0.15, 0.2) is 59.5 Å². The summed E-state index contributed by atoms with van der Waals surface area (Å²) in [6.45, 7) is 3.71. The Morgan fingerprint density at radius 1 is 1.03 bits per heavy atom. The Hall–Kier alpha value is -3.26. The summed E-state index contributed by atoms with van der Waals surface area (Å²) in [4.78, 5) is 28.4. The number of hydrogen-bond donors (Lipinski definition) is 0. The van der Waals surface area contributed by atoms with Crippen molar-refractivity contribution in [2.45, 2.75) is 18.2 Å². The van der Waals surface area contributed by atoms with E-state index in [1.54, 1.807) is 11.8 Å². The summed E-state index contributed by atoms with van der Waals surface area (Å²) in [5.41, 5.74) is 1.03. The van der Waals surface area contributed by atoms with Crippen molar-refractivity contribution in [3.8, 4) is 6.07 Å². The summed E-state index contributed by atoms with van der Waals surface area (Å²) in [6, 6.07) is 17.0. The molecule has 0 aliphatic carbocycles. The number of carbonyl (C=O) groups is 2. The molecular formula is C24H28N4O5S. The van der Waals surface area contributed by atoms with Crippen molar-refractivity contribution in [3.63, 3.8) is 0 Å². The molecule has 0 radical (unpaired) electrons. The van der Waals surface area contributed by atoms with E-state index < -0.39 is 16.0 Å². The van der Waals surface area contributed by atoms with Crippen molar-refractivity contribution >= 4 is 27.6 Å². The fourth-order valence-electron chi connectivity index (χ4n) is 3.70. The molecule has 9 nitrogen and oxygen atoms in total. The largest absolute Gasteiger partial charge is 0.462 e. The van der Waals surface area contributed by atoms with Crippen molar-refractivity contribution < 1.29 is 22.7 Å². The van der Waals surface area contributed by atoms with Gasteiger partial charge in [-0.1, -0.05) is 18.2 Å². The predicted molar refractivity (Wildman–Crippen MR) is 127 cm³/mol. The average Bonchev–Trinajstić information content (AvgIpc) is 2.85. The second-order valence-electron chi connectivity index (χ2n) is 7.71. The van der Waals surface area contributed by atoms with Gasteiger partial charge in [0.1, 0.15) is 0 Å². The molecule has 180 valence electrons. The molecule has 1 aliphatic heterocycles. The maximum absolute atomic E-state index is 13.0. The summed E-state index contributed by atoms with van der Waals surface area (Å²) in [5.74, 6) is -0.628. The van der Waals surface area contributed by atoms with E-state index in [0.717, 1.165) is 5.69 Å². The van der Waals surface area contributed by atoms with Crippen LogP contribution in [-0.2, 0) is 19.6 Å². The summed E-state index contributed by atoms with van der Waals surface area (Å²) in [6.07, 6.45) is 0.224. The first-order chi connectivity index (χ1) is 16.4. The Bertz CT molecular complexity index is 1120. The highest BCUT2D eigenvalue weighted by Gasteiger charge is 2.30. The maximum atomic E-state index is 13.0. The molecule has 0 saturated carbocycles. The standard InChI is InChI=1S/C24H28N4O5S/c1-2-33-24(30)20-9-11-22(12-10-20)34(31,32)27-17-15-26(16-18-27)19-23(29)28(14-6-13-25)21-7-4-3-5-8-21/h3-5,7-12H,2,6,14-19H2,1H3. The lowest BCUT2D eigenvalue weighted by atomic mass is 10.2. The predicted octanol–water partition coefficient (Wildman–Crippen LogP) is 2.12. The molecule has 0 atom stereocenters. The number of amides is 1. The molecule has 0 bridgehead atoms. The molecule has 1 aliphatic rings. The van der Waals surface area contributed by atoms with Crippen LogP contribution in [0, 0.1) is 11.3 Å². The van der Waals surface area contributed by atoms with Gasteiger partial charge in [0, 0.05) is 38.4 Å². The van der Waals surface area contributed by atoms with E-state index in [4.69, 9.17) is 10.00 Å². The Morgan fingerprint density at radius 2 is 1.68 bits per heavy atom. The minimum absolute atomic E-state index is 0.108. The third-order valence-corrected chi connectivity index (χ3v) is 7.42. The van der Waals surface area contributed by atoms with Gasteiger partial charge < -0.3 is 9.64 Å². The van der Waals surface area contributed by atoms with Crippen LogP contribution in [0.2, 0.25) is 0 Å². The third-order valence-electron chi connectivity index (χ3n) is 5.51. The number of hydrogen-bond acceptors (Lipinski definition) is 7. The van der Waals surface area contributed by atoms with E-state index >= 15 is 0 Å². The first-order valence-corrected chi connectivity index (χ1v) is 12.5. The number of piperazine rings is 1. The number of rotatable bonds is 9. The maximum Gasteiger partial charge on any atom is 0.338 e. The number of ether oxygens (including phenoxy) is 1. The number of nitrogens with zero attached hydrogens (tertiary/aromatic N) is 4. The molecule has 1 heterocycles. The van der Waals surface area contributed by atoms with Crippen LogP contribution in [0.25, 0.3) is 0 Å². The van der Waals surface area contributed by atoms with Gasteiger partial charge in [0.2, 0.25) is 15.9 Å². The molecule has 1 fully saturated rings. The van der Waals surface area contributed by atoms with Crippen LogP contribution < -0.4 is 4.90 Å². The second kappa shape index (κ2) is 11.7. The summed E-state index contributed by atoms with van der Waals surface area (Å²) >= 11 is 0. The summed E-state index contributed by atoms with van der Waals surface area (Å²) < 4.78 is 32.4. The average molecular weight is 485 g/mol. The quantitative estimate of drug-likeness (QED) is 0.501. The summed E-state index contributed by atoms with van der Waals surface area (Å²) in [7, 11) is -3.72. The van der Waals surface area contributed by atoms with Crippen molar-refractivity contribution in [2.24, 2.45) is 0 Å². The van der Waals surface area contributed by atoms with Gasteiger partial charge in [0.05, 0.1) is 36.1 Å². The van der Waals surface area contributed by atoms with E-state index in [2.05, 4.69) is 6.07 Å². The van der Waals surface area contributed by atoms with E-state index in [1.807, 2.05) is 35.2 Å². The van der Waals surface area contributed by atoms with E-state index in [0.29, 0.717) is 25.2 Å². The zero-order valence-corrected chi connectivity index (χ0v) is 19.9. The minimum atomic E-state index is -3.72. The number of nitriles is 1. The molecular weight excluding hydrogens is 456 g/mol. The van der Waals surface area contributed by atoms with Crippen molar-refractivity contribution in [3.05, 3.63) is 60.2 Å². The van der Waals surface area contributed by atoms with Crippen LogP contribution in [0.4, 0.5) is 5.69 Å². The van der Waals surface area contributed by atoms with Crippen LogP contribution in [-0.4, -0.2) is 75.4 Å². The number of carbonyl (C=O) groups excluding carboxylic acids is 2. The van der Waals surface area contributed by atoms with Gasteiger partial charge in [-0.3, -0.25) is 9.69 Å². The topological polar surface area (TPSA) is 111 Å². The van der Waals surface area contributed by atoms with Crippen LogP contribution in [0.5, 0.6) is 0 Å². The van der Waals surface area contributed by atoms with Gasteiger partial charge in [-0.15, -0.1) is 0 Å². The Balaban J connectivity index is 1.60. The smallest absolute Gasteiger partial charge is 0.338 e. The number of sulfonamides is 1. The first-order valence-electron chi connectivity index (χ1n) is 11.1. The monoisotopic (exact) mass is 484 g/mol. The van der Waals surface area contributed by atoms with E-state index in [9.17, 15) is 18.0 Å². The SMILES string of the molecule is CCOC(=O)c1ccc(S(=O)(=O)N2CCN(CC(=O)N(CCC#N)c3ccccc3)CC2)cc1. The van der Waals surface area contributed by atoms with Gasteiger partial charge in [-0.25, -0.2) is 13.2 Å². The van der Waals surface area contributed by atoms with Gasteiger partial charge >= 0.3 is 5.97 Å². The van der Waals surface area contributed by atoms with Gasteiger partial charge in [-0.05, 0) is 43.3 Å². The highest BCUT2D eigenvalue weighted by atomic mass is 32.2.